The van der Waals surface area contributed by atoms with Crippen LogP contribution in [0.1, 0.15) is 60.2 Å². The molecule has 2 rings (SSSR count). The predicted molar refractivity (Wildman–Crippen MR) is 94.6 cm³/mol. The molecule has 0 atom stereocenters. The van der Waals surface area contributed by atoms with Crippen molar-refractivity contribution in [1.82, 2.24) is 9.80 Å². The number of hydrogen-bond donors (Lipinski definition) is 1. The smallest absolute Gasteiger partial charge is 0.335 e. The van der Waals surface area contributed by atoms with E-state index in [1.165, 1.54) is 24.3 Å². The van der Waals surface area contributed by atoms with Crippen molar-refractivity contribution < 1.29 is 19.5 Å². The maximum Gasteiger partial charge on any atom is 0.335 e. The molecule has 0 bridgehead atoms. The van der Waals surface area contributed by atoms with Crippen molar-refractivity contribution in [3.05, 3.63) is 35.4 Å². The second-order valence-corrected chi connectivity index (χ2v) is 6.70. The summed E-state index contributed by atoms with van der Waals surface area (Å²) in [4.78, 5) is 39.7. The molecule has 1 fully saturated rings. The number of hydrogen-bond acceptors (Lipinski definition) is 3. The predicted octanol–water partition coefficient (Wildman–Crippen LogP) is 2.64. The Morgan fingerprint density at radius 2 is 1.52 bits per heavy atom. The fourth-order valence-corrected chi connectivity index (χ4v) is 2.98. The lowest BCUT2D eigenvalue weighted by atomic mass is 10.1. The first-order valence-corrected chi connectivity index (χ1v) is 8.82. The highest BCUT2D eigenvalue weighted by atomic mass is 16.4. The molecule has 2 amide bonds. The number of rotatable bonds is 5. The fourth-order valence-electron chi connectivity index (χ4n) is 2.98. The highest BCUT2D eigenvalue weighted by molar-refractivity contribution is 5.97. The summed E-state index contributed by atoms with van der Waals surface area (Å²) in [5.74, 6) is -1.31. The first kappa shape index (κ1) is 19.0. The first-order chi connectivity index (χ1) is 11.9. The number of nitrogens with zero attached hydrogens (tertiary/aromatic N) is 2. The van der Waals surface area contributed by atoms with E-state index in [4.69, 9.17) is 5.11 Å². The summed E-state index contributed by atoms with van der Waals surface area (Å²) in [7, 11) is 0. The fraction of sp³-hybridized carbons (Fsp3) is 0.526. The van der Waals surface area contributed by atoms with Crippen molar-refractivity contribution in [3.63, 3.8) is 0 Å². The molecule has 1 heterocycles. The summed E-state index contributed by atoms with van der Waals surface area (Å²) in [6.07, 6.45) is 4.31. The topological polar surface area (TPSA) is 77.9 Å². The summed E-state index contributed by atoms with van der Waals surface area (Å²) < 4.78 is 0. The van der Waals surface area contributed by atoms with Crippen LogP contribution in [0.2, 0.25) is 0 Å². The molecule has 0 saturated carbocycles. The largest absolute Gasteiger partial charge is 0.478 e. The summed E-state index contributed by atoms with van der Waals surface area (Å²) in [5, 5.41) is 8.95. The molecular weight excluding hydrogens is 320 g/mol. The van der Waals surface area contributed by atoms with Gasteiger partial charge in [-0.2, -0.15) is 0 Å². The minimum Gasteiger partial charge on any atom is -0.478 e. The number of likely N-dealkylation sites (tertiary alicyclic amines) is 1. The number of carboxylic acid groups (broad SMARTS) is 1. The van der Waals surface area contributed by atoms with E-state index < -0.39 is 5.97 Å². The number of amides is 2. The third kappa shape index (κ3) is 5.05. The highest BCUT2D eigenvalue weighted by Gasteiger charge is 2.25. The Bertz CT molecular complexity index is 617. The maximum absolute atomic E-state index is 12.8. The molecule has 1 saturated heterocycles. The normalized spacial score (nSPS) is 14.9. The molecule has 6 nitrogen and oxygen atoms in total. The van der Waals surface area contributed by atoms with Crippen LogP contribution in [0, 0.1) is 0 Å². The van der Waals surface area contributed by atoms with E-state index in [1.54, 1.807) is 4.90 Å². The van der Waals surface area contributed by atoms with E-state index >= 15 is 0 Å². The van der Waals surface area contributed by atoms with Gasteiger partial charge in [0.05, 0.1) is 5.56 Å². The Kier molecular flexibility index (Phi) is 6.56. The molecule has 1 aromatic rings. The molecule has 1 aliphatic rings. The Morgan fingerprint density at radius 3 is 2.00 bits per heavy atom. The first-order valence-electron chi connectivity index (χ1n) is 8.82. The van der Waals surface area contributed by atoms with Crippen LogP contribution < -0.4 is 0 Å². The maximum atomic E-state index is 12.8. The van der Waals surface area contributed by atoms with E-state index in [1.807, 2.05) is 18.7 Å². The molecule has 1 aliphatic heterocycles. The lowest BCUT2D eigenvalue weighted by Crippen LogP contribution is -2.46. The van der Waals surface area contributed by atoms with Gasteiger partial charge in [0, 0.05) is 24.7 Å². The highest BCUT2D eigenvalue weighted by Crippen LogP contribution is 2.14. The number of aromatic carboxylic acids is 1. The number of benzene rings is 1. The van der Waals surface area contributed by atoms with Crippen LogP contribution in [0.15, 0.2) is 24.3 Å². The van der Waals surface area contributed by atoms with Crippen molar-refractivity contribution in [1.29, 1.82) is 0 Å². The molecule has 136 valence electrons. The van der Waals surface area contributed by atoms with Crippen molar-refractivity contribution in [2.45, 2.75) is 45.6 Å². The van der Waals surface area contributed by atoms with Gasteiger partial charge in [0.15, 0.2) is 0 Å². The molecular formula is C19H26N2O4. The van der Waals surface area contributed by atoms with Crippen LogP contribution in [0.3, 0.4) is 0 Å². The molecule has 0 unspecified atom stereocenters. The van der Waals surface area contributed by atoms with Crippen molar-refractivity contribution in [2.24, 2.45) is 0 Å². The second-order valence-electron chi connectivity index (χ2n) is 6.70. The van der Waals surface area contributed by atoms with Gasteiger partial charge in [-0.1, -0.05) is 12.8 Å². The second kappa shape index (κ2) is 8.65. The average Bonchev–Trinajstić information content (AvgIpc) is 2.88. The zero-order chi connectivity index (χ0) is 18.4. The zero-order valence-electron chi connectivity index (χ0n) is 14.9. The standard InChI is InChI=1S/C19H26N2O4/c1-14(2)21(13-17(22)20-11-5-3-4-6-12-20)18(23)15-7-9-16(10-8-15)19(24)25/h7-10,14H,3-6,11-13H2,1-2H3,(H,24,25). The van der Waals surface area contributed by atoms with Crippen LogP contribution in [0.4, 0.5) is 0 Å². The quantitative estimate of drug-likeness (QED) is 0.889. The van der Waals surface area contributed by atoms with Crippen LogP contribution in [-0.4, -0.2) is 58.4 Å². The van der Waals surface area contributed by atoms with Gasteiger partial charge in [-0.05, 0) is 51.0 Å². The van der Waals surface area contributed by atoms with E-state index in [0.29, 0.717) is 5.56 Å². The Balaban J connectivity index is 2.09. The van der Waals surface area contributed by atoms with Crippen LogP contribution in [0.25, 0.3) is 0 Å². The van der Waals surface area contributed by atoms with Crippen LogP contribution in [0.5, 0.6) is 0 Å². The molecule has 0 aromatic heterocycles. The van der Waals surface area contributed by atoms with Crippen molar-refractivity contribution >= 4 is 17.8 Å². The van der Waals surface area contributed by atoms with Gasteiger partial charge in [0.1, 0.15) is 6.54 Å². The molecule has 0 radical (unpaired) electrons. The van der Waals surface area contributed by atoms with E-state index in [-0.39, 0.29) is 30.0 Å². The van der Waals surface area contributed by atoms with Crippen molar-refractivity contribution in [2.75, 3.05) is 19.6 Å². The molecule has 0 spiro atoms. The SMILES string of the molecule is CC(C)N(CC(=O)N1CCCCCC1)C(=O)c1ccc(C(=O)O)cc1. The molecule has 6 heteroatoms. The minimum atomic E-state index is -1.03. The average molecular weight is 346 g/mol. The van der Waals surface area contributed by atoms with E-state index in [2.05, 4.69) is 0 Å². The Labute approximate surface area is 148 Å². The summed E-state index contributed by atoms with van der Waals surface area (Å²) in [5.41, 5.74) is 0.524. The Morgan fingerprint density at radius 1 is 1.00 bits per heavy atom. The number of carbonyl (C=O) groups excluding carboxylic acids is 2. The van der Waals surface area contributed by atoms with Gasteiger partial charge >= 0.3 is 5.97 Å². The number of carboxylic acids is 1. The summed E-state index contributed by atoms with van der Waals surface area (Å²) in [6.45, 7) is 5.31. The third-order valence-electron chi connectivity index (χ3n) is 4.53. The monoisotopic (exact) mass is 346 g/mol. The summed E-state index contributed by atoms with van der Waals surface area (Å²) in [6, 6.07) is 5.69. The molecule has 1 N–H and O–H groups in total. The van der Waals surface area contributed by atoms with E-state index in [9.17, 15) is 14.4 Å². The van der Waals surface area contributed by atoms with E-state index in [0.717, 1.165) is 38.8 Å². The third-order valence-corrected chi connectivity index (χ3v) is 4.53. The van der Waals surface area contributed by atoms with Crippen molar-refractivity contribution in [3.8, 4) is 0 Å². The van der Waals surface area contributed by atoms with Gasteiger partial charge in [0.25, 0.3) is 5.91 Å². The van der Waals surface area contributed by atoms with Gasteiger partial charge in [-0.25, -0.2) is 4.79 Å². The minimum absolute atomic E-state index is 0.0221. The van der Waals surface area contributed by atoms with Gasteiger partial charge < -0.3 is 14.9 Å². The number of carbonyl (C=O) groups is 3. The summed E-state index contributed by atoms with van der Waals surface area (Å²) >= 11 is 0. The zero-order valence-corrected chi connectivity index (χ0v) is 14.9. The lowest BCUT2D eigenvalue weighted by molar-refractivity contribution is -0.132. The molecule has 0 aliphatic carbocycles. The van der Waals surface area contributed by atoms with Crippen LogP contribution >= 0.6 is 0 Å². The molecule has 1 aromatic carbocycles. The van der Waals surface area contributed by atoms with Gasteiger partial charge in [0.2, 0.25) is 5.91 Å². The Hall–Kier alpha value is -2.37. The molecule has 25 heavy (non-hydrogen) atoms. The lowest BCUT2D eigenvalue weighted by Gasteiger charge is -2.29. The van der Waals surface area contributed by atoms with Gasteiger partial charge in [-0.3, -0.25) is 9.59 Å². The van der Waals surface area contributed by atoms with Gasteiger partial charge in [-0.15, -0.1) is 0 Å². The van der Waals surface area contributed by atoms with Crippen LogP contribution in [-0.2, 0) is 4.79 Å².